The number of rotatable bonds is 13. The third-order valence-electron chi connectivity index (χ3n) is 4.65. The Kier molecular flexibility index (Phi) is 11.3. The molecule has 0 N–H and O–H groups in total. The zero-order valence-corrected chi connectivity index (χ0v) is 20.1. The van der Waals surface area contributed by atoms with Gasteiger partial charge >= 0.3 is 31.1 Å². The van der Waals surface area contributed by atoms with Crippen molar-refractivity contribution in [1.29, 1.82) is 0 Å². The fraction of sp³-hybridized carbons (Fsp3) is 0.938. The van der Waals surface area contributed by atoms with Crippen molar-refractivity contribution in [3.8, 4) is 0 Å². The second kappa shape index (κ2) is 11.5. The predicted molar refractivity (Wildman–Crippen MR) is 108 cm³/mol. The lowest BCUT2D eigenvalue weighted by atomic mass is 10.4. The predicted octanol–water partition coefficient (Wildman–Crippen LogP) is 4.93. The number of sulfonamides is 2. The molecule has 0 aliphatic heterocycles. The van der Waals surface area contributed by atoms with Gasteiger partial charge in [-0.25, -0.2) is 0 Å². The molecule has 0 aromatic carbocycles. The summed E-state index contributed by atoms with van der Waals surface area (Å²) in [5.74, 6) is -2.20. The number of hydrogen-bond acceptors (Lipinski definition) is 5. The van der Waals surface area contributed by atoms with Gasteiger partial charge in [-0.15, -0.1) is 3.71 Å². The molecule has 0 aromatic rings. The van der Waals surface area contributed by atoms with E-state index in [0.717, 1.165) is 0 Å². The highest BCUT2D eigenvalue weighted by Gasteiger charge is 2.64. The average Bonchev–Trinajstić information content (AvgIpc) is 2.60. The summed E-state index contributed by atoms with van der Waals surface area (Å²) in [6.07, 6.45) is 3.62. The van der Waals surface area contributed by atoms with Crippen molar-refractivity contribution in [3.63, 3.8) is 0 Å². The highest BCUT2D eigenvalue weighted by atomic mass is 32.3. The molecule has 0 fully saturated rings. The molecule has 31 heavy (non-hydrogen) atoms. The first-order valence-corrected chi connectivity index (χ1v) is 15.2. The van der Waals surface area contributed by atoms with Gasteiger partial charge in [0.1, 0.15) is 6.16 Å². The Hall–Kier alpha value is -0.620. The second-order valence-electron chi connectivity index (χ2n) is 7.22. The van der Waals surface area contributed by atoms with Crippen LogP contribution in [-0.2, 0) is 24.8 Å². The number of amides is 1. The van der Waals surface area contributed by atoms with Gasteiger partial charge in [0.05, 0.1) is 18.5 Å². The molecule has 6 nitrogen and oxygen atoms in total. The lowest BCUT2D eigenvalue weighted by molar-refractivity contribution is -0.123. The Bertz CT molecular complexity index is 731. The van der Waals surface area contributed by atoms with Crippen molar-refractivity contribution in [2.45, 2.75) is 70.3 Å². The first-order valence-electron chi connectivity index (χ1n) is 9.74. The highest BCUT2D eigenvalue weighted by molar-refractivity contribution is 8.05. The van der Waals surface area contributed by atoms with Crippen molar-refractivity contribution >= 4 is 33.2 Å². The summed E-state index contributed by atoms with van der Waals surface area (Å²) in [5, 5.41) is 0. The molecule has 0 unspecified atom stereocenters. The van der Waals surface area contributed by atoms with Crippen LogP contribution in [0.25, 0.3) is 0 Å². The van der Waals surface area contributed by atoms with E-state index in [1.807, 2.05) is 20.8 Å². The molecule has 0 bridgehead atoms. The van der Waals surface area contributed by atoms with Gasteiger partial charge in [-0.05, 0) is 19.3 Å². The number of nitrogens with zero attached hydrogens (tertiary/aromatic N) is 1. The van der Waals surface area contributed by atoms with E-state index in [9.17, 15) is 48.0 Å². The largest absolute Gasteiger partial charge is 0.517 e. The zero-order valence-electron chi connectivity index (χ0n) is 17.6. The Balaban J connectivity index is 6.55. The quantitative estimate of drug-likeness (QED) is 0.252. The molecule has 0 rings (SSSR count). The summed E-state index contributed by atoms with van der Waals surface area (Å²) in [6, 6.07) is 0. The molecule has 0 aliphatic carbocycles. The van der Waals surface area contributed by atoms with Crippen molar-refractivity contribution in [2.75, 3.05) is 24.6 Å². The standard InChI is InChI=1S/C16H29F6NO5PS2/c1-4-7-10-29(11-8-5-2,12-9-6-3)13-14(24)23(30(25,26)15(17,18)19)31(27,28)16(20,21)22/h4-13H2,1-3H3/q+1. The minimum Gasteiger partial charge on any atom is -0.268 e. The van der Waals surface area contributed by atoms with Crippen LogP contribution in [0.2, 0.25) is 0 Å². The van der Waals surface area contributed by atoms with E-state index in [1.165, 1.54) is 0 Å². The third kappa shape index (κ3) is 7.73. The van der Waals surface area contributed by atoms with E-state index in [2.05, 4.69) is 0 Å². The van der Waals surface area contributed by atoms with Crippen molar-refractivity contribution < 1.29 is 48.0 Å². The summed E-state index contributed by atoms with van der Waals surface area (Å²) in [4.78, 5) is 12.6. The van der Waals surface area contributed by atoms with Gasteiger partial charge < -0.3 is 0 Å². The van der Waals surface area contributed by atoms with Crippen LogP contribution < -0.4 is 0 Å². The fourth-order valence-electron chi connectivity index (χ4n) is 2.98. The molecule has 0 heterocycles. The van der Waals surface area contributed by atoms with E-state index < -0.39 is 54.1 Å². The van der Waals surface area contributed by atoms with Crippen LogP contribution in [0.1, 0.15) is 59.3 Å². The average molecular weight is 525 g/mol. The molecule has 0 saturated carbocycles. The molecule has 0 saturated heterocycles. The molecule has 15 heteroatoms. The van der Waals surface area contributed by atoms with Crippen LogP contribution in [-0.4, -0.2) is 62.1 Å². The van der Waals surface area contributed by atoms with E-state index in [-0.39, 0.29) is 0 Å². The van der Waals surface area contributed by atoms with Gasteiger partial charge in [0.2, 0.25) is 0 Å². The number of carbonyl (C=O) groups excluding carboxylic acids is 1. The molecule has 0 radical (unpaired) electrons. The van der Waals surface area contributed by atoms with E-state index in [0.29, 0.717) is 57.0 Å². The fourth-order valence-corrected chi connectivity index (χ4v) is 10.6. The van der Waals surface area contributed by atoms with Gasteiger partial charge in [0.25, 0.3) is 5.91 Å². The Labute approximate surface area is 180 Å². The lowest BCUT2D eigenvalue weighted by Gasteiger charge is -2.30. The maximum absolute atomic E-state index is 13.0. The molecular formula is C16H29F6NO5PS2+. The number of unbranched alkanes of at least 4 members (excludes halogenated alkanes) is 3. The number of halogens is 6. The lowest BCUT2D eigenvalue weighted by Crippen LogP contribution is -2.53. The second-order valence-corrected chi connectivity index (χ2v) is 15.4. The van der Waals surface area contributed by atoms with E-state index in [4.69, 9.17) is 0 Å². The Morgan fingerprint density at radius 3 is 1.23 bits per heavy atom. The van der Waals surface area contributed by atoms with E-state index in [1.54, 1.807) is 0 Å². The normalized spacial score (nSPS) is 14.0. The van der Waals surface area contributed by atoms with Crippen LogP contribution in [0.4, 0.5) is 26.3 Å². The summed E-state index contributed by atoms with van der Waals surface area (Å²) < 4.78 is 123. The van der Waals surface area contributed by atoms with Crippen LogP contribution >= 0.6 is 7.26 Å². The first kappa shape index (κ1) is 30.4. The number of hydrogen-bond donors (Lipinski definition) is 0. The van der Waals surface area contributed by atoms with Crippen LogP contribution in [0, 0.1) is 0 Å². The van der Waals surface area contributed by atoms with Gasteiger partial charge in [0, 0.05) is 7.26 Å². The van der Waals surface area contributed by atoms with Crippen molar-refractivity contribution in [2.24, 2.45) is 0 Å². The Morgan fingerprint density at radius 1 is 0.710 bits per heavy atom. The van der Waals surface area contributed by atoms with E-state index >= 15 is 0 Å². The summed E-state index contributed by atoms with van der Waals surface area (Å²) in [6.45, 7) is 5.43. The zero-order chi connectivity index (χ0) is 24.7. The summed E-state index contributed by atoms with van der Waals surface area (Å²) >= 11 is 0. The molecule has 1 amide bonds. The van der Waals surface area contributed by atoms with Crippen LogP contribution in [0.5, 0.6) is 0 Å². The SMILES string of the molecule is CCCC[P+](CCCC)(CCCC)CC(=O)N(S(=O)(=O)C(F)(F)F)S(=O)(=O)C(F)(F)F. The monoisotopic (exact) mass is 524 g/mol. The minimum absolute atomic E-state index is 0.348. The molecule has 0 spiro atoms. The van der Waals surface area contributed by atoms with Gasteiger partial charge in [-0.3, -0.25) is 4.79 Å². The third-order valence-corrected chi connectivity index (χ3v) is 13.0. The van der Waals surface area contributed by atoms with Gasteiger partial charge in [-0.1, -0.05) is 40.0 Å². The first-order chi connectivity index (χ1) is 13.9. The molecule has 186 valence electrons. The minimum atomic E-state index is -7.12. The van der Waals surface area contributed by atoms with Crippen molar-refractivity contribution in [3.05, 3.63) is 0 Å². The summed E-state index contributed by atoms with van der Waals surface area (Å²) in [7, 11) is -16.8. The van der Waals surface area contributed by atoms with Gasteiger partial charge in [0.15, 0.2) is 0 Å². The smallest absolute Gasteiger partial charge is 0.268 e. The van der Waals surface area contributed by atoms with Crippen LogP contribution in [0.15, 0.2) is 0 Å². The van der Waals surface area contributed by atoms with Crippen molar-refractivity contribution in [1.82, 2.24) is 3.71 Å². The highest BCUT2D eigenvalue weighted by Crippen LogP contribution is 2.61. The molecule has 0 aliphatic rings. The summed E-state index contributed by atoms with van der Waals surface area (Å²) in [5.41, 5.74) is -12.8. The molecular weight excluding hydrogens is 495 g/mol. The van der Waals surface area contributed by atoms with Gasteiger partial charge in [-0.2, -0.15) is 43.2 Å². The number of alkyl halides is 6. The molecule has 0 atom stereocenters. The maximum Gasteiger partial charge on any atom is 0.517 e. The topological polar surface area (TPSA) is 88.6 Å². The number of carbonyl (C=O) groups is 1. The van der Waals surface area contributed by atoms with Crippen LogP contribution in [0.3, 0.4) is 0 Å². The Morgan fingerprint density at radius 2 is 1.00 bits per heavy atom. The maximum atomic E-state index is 13.0. The molecule has 0 aromatic heterocycles.